The number of aryl methyl sites for hydroxylation is 1. The number of esters is 1. The summed E-state index contributed by atoms with van der Waals surface area (Å²) in [7, 11) is 1.26. The summed E-state index contributed by atoms with van der Waals surface area (Å²) in [5, 5.41) is 11.7. The predicted molar refractivity (Wildman–Crippen MR) is 157 cm³/mol. The molecule has 0 saturated carbocycles. The maximum absolute atomic E-state index is 13.7. The van der Waals surface area contributed by atoms with Gasteiger partial charge >= 0.3 is 11.9 Å². The van der Waals surface area contributed by atoms with Crippen LogP contribution in [0.2, 0.25) is 0 Å². The number of aromatic nitrogens is 1. The number of ether oxygens (including phenoxy) is 4. The van der Waals surface area contributed by atoms with Crippen molar-refractivity contribution in [1.29, 1.82) is 0 Å². The van der Waals surface area contributed by atoms with Crippen LogP contribution in [0, 0.1) is 6.92 Å². The number of nitrogens with zero attached hydrogens (tertiary/aromatic N) is 2. The molecule has 0 radical (unpaired) electrons. The minimum Gasteiger partial charge on any atom is -0.507 e. The Morgan fingerprint density at radius 2 is 1.93 bits per heavy atom. The third-order valence-corrected chi connectivity index (χ3v) is 8.16. The molecule has 3 aromatic rings. The number of rotatable bonds is 9. The molecular formula is C31H32N2O8S. The van der Waals surface area contributed by atoms with Gasteiger partial charge in [-0.05, 0) is 68.7 Å². The molecule has 0 aliphatic carbocycles. The molecule has 3 heterocycles. The Morgan fingerprint density at radius 3 is 2.64 bits per heavy atom. The first kappa shape index (κ1) is 29.1. The maximum Gasteiger partial charge on any atom is 0.350 e. The van der Waals surface area contributed by atoms with Gasteiger partial charge in [0.25, 0.3) is 5.78 Å². The summed E-state index contributed by atoms with van der Waals surface area (Å²) in [5.74, 6) is -1.01. The zero-order chi connectivity index (χ0) is 30.1. The molecule has 2 aliphatic rings. The number of hydrogen-bond acceptors (Lipinski definition) is 10. The smallest absolute Gasteiger partial charge is 0.350 e. The average Bonchev–Trinajstić information content (AvgIpc) is 3.63. The number of amides is 1. The highest BCUT2D eigenvalue weighted by atomic mass is 32.1. The number of methoxy groups -OCH3 is 1. The Kier molecular flexibility index (Phi) is 8.22. The van der Waals surface area contributed by atoms with E-state index in [1.165, 1.54) is 12.0 Å². The molecule has 1 aromatic heterocycles. The number of thiazole rings is 1. The molecular weight excluding hydrogens is 560 g/mol. The van der Waals surface area contributed by atoms with Gasteiger partial charge < -0.3 is 24.1 Å². The van der Waals surface area contributed by atoms with E-state index in [-0.39, 0.29) is 27.4 Å². The fourth-order valence-electron chi connectivity index (χ4n) is 5.13. The third-order valence-electron chi connectivity index (χ3n) is 7.02. The van der Waals surface area contributed by atoms with E-state index in [0.717, 1.165) is 23.3 Å². The molecule has 10 nitrogen and oxygen atoms in total. The largest absolute Gasteiger partial charge is 0.507 e. The summed E-state index contributed by atoms with van der Waals surface area (Å²) < 4.78 is 22.4. The van der Waals surface area contributed by atoms with E-state index in [4.69, 9.17) is 18.9 Å². The van der Waals surface area contributed by atoms with Gasteiger partial charge in [0.15, 0.2) is 16.6 Å². The van der Waals surface area contributed by atoms with Crippen LogP contribution < -0.4 is 19.1 Å². The Labute approximate surface area is 247 Å². The standard InChI is InChI=1S/C31H32N2O8S/c1-6-12-40-22-11-8-18(15-23(22)39-7-2)25-24(26(34)19-9-10-21-20(14-19)13-16(3)41-21)27(35)29(36)33(25)31-32-17(4)28(42-31)30(37)38-5/h8-11,14-16,25,34H,6-7,12-13H2,1-5H3/t16-,25+/m0/s1. The van der Waals surface area contributed by atoms with Crippen molar-refractivity contribution in [2.45, 2.75) is 52.7 Å². The lowest BCUT2D eigenvalue weighted by molar-refractivity contribution is -0.132. The monoisotopic (exact) mass is 592 g/mol. The normalized spacial score (nSPS) is 19.0. The zero-order valence-electron chi connectivity index (χ0n) is 24.1. The van der Waals surface area contributed by atoms with Crippen molar-refractivity contribution in [2.24, 2.45) is 0 Å². The fourth-order valence-corrected chi connectivity index (χ4v) is 6.14. The number of fused-ring (bicyclic) bond motifs is 1. The third kappa shape index (κ3) is 5.20. The first-order chi connectivity index (χ1) is 20.2. The number of anilines is 1. The van der Waals surface area contributed by atoms with Gasteiger partial charge in [0.1, 0.15) is 22.5 Å². The van der Waals surface area contributed by atoms with Gasteiger partial charge in [0.05, 0.1) is 37.6 Å². The highest BCUT2D eigenvalue weighted by Crippen LogP contribution is 2.46. The van der Waals surface area contributed by atoms with Crippen LogP contribution in [0.3, 0.4) is 0 Å². The Balaban J connectivity index is 1.69. The summed E-state index contributed by atoms with van der Waals surface area (Å²) in [5.41, 5.74) is 2.02. The number of hydrogen-bond donors (Lipinski definition) is 1. The summed E-state index contributed by atoms with van der Waals surface area (Å²) in [6.07, 6.45) is 1.44. The number of aliphatic hydroxyl groups is 1. The van der Waals surface area contributed by atoms with Gasteiger partial charge in [0.2, 0.25) is 0 Å². The van der Waals surface area contributed by atoms with Crippen molar-refractivity contribution in [2.75, 3.05) is 25.2 Å². The predicted octanol–water partition coefficient (Wildman–Crippen LogP) is 5.38. The second-order valence-corrected chi connectivity index (χ2v) is 11.0. The second kappa shape index (κ2) is 11.8. The summed E-state index contributed by atoms with van der Waals surface area (Å²) >= 11 is 0.939. The lowest BCUT2D eigenvalue weighted by Gasteiger charge is -2.24. The van der Waals surface area contributed by atoms with Crippen LogP contribution in [-0.2, 0) is 20.7 Å². The fraction of sp³-hybridized carbons (Fsp3) is 0.355. The molecule has 0 spiro atoms. The number of ketones is 1. The molecule has 220 valence electrons. The Hall–Kier alpha value is -4.38. The first-order valence-corrected chi connectivity index (χ1v) is 14.6. The van der Waals surface area contributed by atoms with Crippen molar-refractivity contribution in [3.8, 4) is 17.2 Å². The average molecular weight is 593 g/mol. The van der Waals surface area contributed by atoms with Gasteiger partial charge in [-0.25, -0.2) is 9.78 Å². The molecule has 1 saturated heterocycles. The molecule has 2 aromatic carbocycles. The van der Waals surface area contributed by atoms with Crippen LogP contribution in [0.1, 0.15) is 65.3 Å². The maximum atomic E-state index is 13.7. The van der Waals surface area contributed by atoms with Crippen molar-refractivity contribution >= 4 is 39.9 Å². The highest BCUT2D eigenvalue weighted by Gasteiger charge is 2.48. The van der Waals surface area contributed by atoms with E-state index in [1.54, 1.807) is 43.3 Å². The molecule has 1 fully saturated rings. The van der Waals surface area contributed by atoms with Gasteiger partial charge in [-0.15, -0.1) is 0 Å². The van der Waals surface area contributed by atoms with E-state index >= 15 is 0 Å². The molecule has 11 heteroatoms. The van der Waals surface area contributed by atoms with Crippen LogP contribution in [0.25, 0.3) is 5.76 Å². The number of carbonyl (C=O) groups excluding carboxylic acids is 3. The number of Topliss-reactive ketones (excluding diaryl/α,β-unsaturated/α-hetero) is 1. The van der Waals surface area contributed by atoms with Gasteiger partial charge in [-0.1, -0.05) is 24.3 Å². The highest BCUT2D eigenvalue weighted by molar-refractivity contribution is 7.17. The molecule has 2 aliphatic heterocycles. The molecule has 0 bridgehead atoms. The van der Waals surface area contributed by atoms with Crippen LogP contribution in [0.5, 0.6) is 17.2 Å². The quantitative estimate of drug-likeness (QED) is 0.151. The van der Waals surface area contributed by atoms with Gasteiger partial charge in [-0.3, -0.25) is 14.5 Å². The molecule has 0 unspecified atom stereocenters. The topological polar surface area (TPSA) is 124 Å². The molecule has 1 N–H and O–H groups in total. The van der Waals surface area contributed by atoms with E-state index in [2.05, 4.69) is 4.98 Å². The summed E-state index contributed by atoms with van der Waals surface area (Å²) in [6, 6.07) is 9.26. The van der Waals surface area contributed by atoms with E-state index < -0.39 is 23.7 Å². The van der Waals surface area contributed by atoms with Crippen LogP contribution in [0.4, 0.5) is 5.13 Å². The van der Waals surface area contributed by atoms with E-state index in [1.807, 2.05) is 20.8 Å². The molecule has 2 atom stereocenters. The molecule has 1 amide bonds. The lowest BCUT2D eigenvalue weighted by Crippen LogP contribution is -2.29. The van der Waals surface area contributed by atoms with E-state index in [0.29, 0.717) is 53.7 Å². The minimum atomic E-state index is -1.07. The Bertz CT molecular complexity index is 1590. The van der Waals surface area contributed by atoms with Crippen LogP contribution in [0.15, 0.2) is 42.0 Å². The van der Waals surface area contributed by atoms with Crippen molar-refractivity contribution < 1.29 is 38.4 Å². The number of aliphatic hydroxyl groups excluding tert-OH is 1. The van der Waals surface area contributed by atoms with Crippen molar-refractivity contribution in [3.63, 3.8) is 0 Å². The van der Waals surface area contributed by atoms with Crippen LogP contribution in [-0.4, -0.2) is 54.2 Å². The van der Waals surface area contributed by atoms with Crippen molar-refractivity contribution in [3.05, 3.63) is 69.2 Å². The SMILES string of the molecule is CCCOc1ccc([C@@H]2C(=C(O)c3ccc4c(c3)C[C@H](C)O4)C(=O)C(=O)N2c2nc(C)c(C(=O)OC)s2)cc1OCC. The zero-order valence-corrected chi connectivity index (χ0v) is 24.9. The summed E-state index contributed by atoms with van der Waals surface area (Å²) in [4.78, 5) is 45.6. The Morgan fingerprint density at radius 1 is 1.14 bits per heavy atom. The summed E-state index contributed by atoms with van der Waals surface area (Å²) in [6.45, 7) is 8.25. The minimum absolute atomic E-state index is 0.00875. The lowest BCUT2D eigenvalue weighted by atomic mass is 9.94. The van der Waals surface area contributed by atoms with Gasteiger partial charge in [-0.2, -0.15) is 0 Å². The molecule has 5 rings (SSSR count). The van der Waals surface area contributed by atoms with E-state index in [9.17, 15) is 19.5 Å². The first-order valence-electron chi connectivity index (χ1n) is 13.7. The van der Waals surface area contributed by atoms with Crippen LogP contribution >= 0.6 is 11.3 Å². The van der Waals surface area contributed by atoms with Crippen molar-refractivity contribution in [1.82, 2.24) is 4.98 Å². The number of carbonyl (C=O) groups is 3. The number of benzene rings is 2. The second-order valence-electron chi connectivity index (χ2n) is 10.0. The molecule has 42 heavy (non-hydrogen) atoms. The van der Waals surface area contributed by atoms with Gasteiger partial charge in [0, 0.05) is 12.0 Å².